The Kier molecular flexibility index (Phi) is 15.1. The number of nitrogens with one attached hydrogen (secondary N) is 2. The Morgan fingerprint density at radius 1 is 0.776 bits per heavy atom. The number of carbonyl (C=O) groups is 4. The van der Waals surface area contributed by atoms with Gasteiger partial charge < -0.3 is 20.5 Å². The summed E-state index contributed by atoms with van der Waals surface area (Å²) in [6.45, 7) is 21.9. The number of carboxylic acids is 1. The van der Waals surface area contributed by atoms with Crippen LogP contribution in [0.15, 0.2) is 11.6 Å². The van der Waals surface area contributed by atoms with Gasteiger partial charge in [-0.3, -0.25) is 19.2 Å². The van der Waals surface area contributed by atoms with Gasteiger partial charge in [-0.25, -0.2) is 0 Å². The van der Waals surface area contributed by atoms with Gasteiger partial charge in [-0.05, 0) is 130 Å². The van der Waals surface area contributed by atoms with E-state index in [1.165, 1.54) is 19.8 Å². The molecule has 0 aliphatic heterocycles. The third-order valence-electron chi connectivity index (χ3n) is 17.7. The topological polar surface area (TPSA) is 122 Å². The number of unbranched alkanes of at least 4 members (excludes halogenated alkanes) is 9. The zero-order valence-electron chi connectivity index (χ0n) is 38.4. The average Bonchev–Trinajstić information content (AvgIpc) is 3.15. The number of amides is 2. The molecule has 0 aromatic heterocycles. The van der Waals surface area contributed by atoms with Crippen LogP contribution < -0.4 is 10.6 Å². The van der Waals surface area contributed by atoms with Gasteiger partial charge >= 0.3 is 11.9 Å². The molecule has 3 unspecified atom stereocenters. The van der Waals surface area contributed by atoms with Gasteiger partial charge in [0, 0.05) is 24.8 Å². The lowest BCUT2D eigenvalue weighted by Crippen LogP contribution is -2.65. The summed E-state index contributed by atoms with van der Waals surface area (Å²) >= 11 is 0. The van der Waals surface area contributed by atoms with Crippen molar-refractivity contribution in [2.24, 2.45) is 50.2 Å². The van der Waals surface area contributed by atoms with Crippen LogP contribution in [0.4, 0.5) is 0 Å². The SMILES string of the molecule is CCCCCC(=O)O[C@H]1CC[C@@]2(C)C(CC[C@]3(C)C2CC=C2C4CC(C)(C)CC[C@]4(C(=O)NCCCCCCCCCCC(=O)N[C@@H](C)C(=O)O)CC[C@]23C)C1(C)C. The fourth-order valence-corrected chi connectivity index (χ4v) is 13.8. The maximum Gasteiger partial charge on any atom is 0.325 e. The predicted octanol–water partition coefficient (Wildman–Crippen LogP) is 11.5. The van der Waals surface area contributed by atoms with E-state index in [2.05, 4.69) is 72.1 Å². The lowest BCUT2D eigenvalue weighted by Gasteiger charge is -2.71. The van der Waals surface area contributed by atoms with Crippen molar-refractivity contribution >= 4 is 23.8 Å². The zero-order valence-corrected chi connectivity index (χ0v) is 38.4. The largest absolute Gasteiger partial charge is 0.480 e. The second-order valence-corrected chi connectivity index (χ2v) is 22.1. The van der Waals surface area contributed by atoms with Crippen LogP contribution in [0.2, 0.25) is 0 Å². The lowest BCUT2D eigenvalue weighted by atomic mass is 9.33. The Bertz CT molecular complexity index is 1500. The van der Waals surface area contributed by atoms with Crippen LogP contribution in [0.5, 0.6) is 0 Å². The quantitative estimate of drug-likeness (QED) is 0.0679. The van der Waals surface area contributed by atoms with E-state index in [9.17, 15) is 19.2 Å². The highest BCUT2D eigenvalue weighted by Gasteiger charge is 2.69. The minimum atomic E-state index is -1.01. The monoisotopic (exact) mass is 809 g/mol. The molecule has 0 aromatic rings. The normalized spacial score (nSPS) is 35.2. The standard InChI is InChI=1S/C50H84N2O6/c1-10-11-18-22-42(54)58-40-26-27-47(7)38(46(40,5)6)25-28-49(9)39(47)24-23-36-37-34-45(3,4)29-31-50(37,32-30-48(36,49)8)44(57)51-33-20-17-15-13-12-14-16-19-21-41(53)52-35(2)43(55)56/h23,35,37-40H,10-22,24-34H2,1-9H3,(H,51,57)(H,52,53)(H,55,56)/t35-,37?,38?,39?,40-,47-,48+,49+,50-/m0/s1. The first-order chi connectivity index (χ1) is 27.3. The van der Waals surface area contributed by atoms with Crippen molar-refractivity contribution in [1.29, 1.82) is 0 Å². The number of esters is 1. The van der Waals surface area contributed by atoms with Crippen LogP contribution in [0.25, 0.3) is 0 Å². The third-order valence-corrected chi connectivity index (χ3v) is 17.7. The summed E-state index contributed by atoms with van der Waals surface area (Å²) in [5, 5.41) is 15.0. The average molecular weight is 809 g/mol. The molecule has 4 fully saturated rings. The van der Waals surface area contributed by atoms with Gasteiger partial charge in [-0.1, -0.05) is 118 Å². The zero-order chi connectivity index (χ0) is 42.6. The van der Waals surface area contributed by atoms with Crippen molar-refractivity contribution < 1.29 is 29.0 Å². The van der Waals surface area contributed by atoms with Crippen molar-refractivity contribution in [3.63, 3.8) is 0 Å². The fraction of sp³-hybridized carbons (Fsp3) is 0.880. The van der Waals surface area contributed by atoms with E-state index in [4.69, 9.17) is 9.84 Å². The van der Waals surface area contributed by atoms with Gasteiger partial charge in [0.1, 0.15) is 12.1 Å². The van der Waals surface area contributed by atoms with Crippen molar-refractivity contribution in [1.82, 2.24) is 10.6 Å². The van der Waals surface area contributed by atoms with Gasteiger partial charge in [-0.15, -0.1) is 0 Å². The summed E-state index contributed by atoms with van der Waals surface area (Å²) in [6.07, 6.45) is 25.9. The molecule has 0 bridgehead atoms. The molecule has 8 heteroatoms. The number of hydrogen-bond donors (Lipinski definition) is 3. The molecular formula is C50H84N2O6. The summed E-state index contributed by atoms with van der Waals surface area (Å²) in [5.41, 5.74) is 1.90. The summed E-state index contributed by atoms with van der Waals surface area (Å²) in [4.78, 5) is 50.3. The molecule has 0 saturated heterocycles. The highest BCUT2D eigenvalue weighted by atomic mass is 16.5. The second kappa shape index (κ2) is 18.7. The van der Waals surface area contributed by atoms with Crippen LogP contribution in [0.3, 0.4) is 0 Å². The number of carboxylic acid groups (broad SMARTS) is 1. The van der Waals surface area contributed by atoms with E-state index in [0.717, 1.165) is 129 Å². The van der Waals surface area contributed by atoms with E-state index in [-0.39, 0.29) is 50.5 Å². The second-order valence-electron chi connectivity index (χ2n) is 22.1. The maximum absolute atomic E-state index is 14.5. The lowest BCUT2D eigenvalue weighted by molar-refractivity contribution is -0.213. The van der Waals surface area contributed by atoms with Gasteiger partial charge in [0.25, 0.3) is 0 Å². The number of allylic oxidation sites excluding steroid dienone is 2. The maximum atomic E-state index is 14.5. The van der Waals surface area contributed by atoms with Crippen LogP contribution in [0.1, 0.15) is 210 Å². The third kappa shape index (κ3) is 9.41. The first-order valence-electron chi connectivity index (χ1n) is 24.0. The molecule has 5 aliphatic rings. The molecule has 8 nitrogen and oxygen atoms in total. The van der Waals surface area contributed by atoms with E-state index in [0.29, 0.717) is 36.5 Å². The van der Waals surface area contributed by atoms with E-state index >= 15 is 0 Å². The molecule has 9 atom stereocenters. The molecule has 0 aromatic carbocycles. The molecule has 4 saturated carbocycles. The number of hydrogen-bond acceptors (Lipinski definition) is 5. The molecule has 5 aliphatic carbocycles. The van der Waals surface area contributed by atoms with Crippen molar-refractivity contribution in [3.8, 4) is 0 Å². The highest BCUT2D eigenvalue weighted by Crippen LogP contribution is 2.76. The smallest absolute Gasteiger partial charge is 0.325 e. The molecule has 330 valence electrons. The Labute approximate surface area is 353 Å². The fourth-order valence-electron chi connectivity index (χ4n) is 13.8. The van der Waals surface area contributed by atoms with Crippen LogP contribution in [0, 0.1) is 50.2 Å². The summed E-state index contributed by atoms with van der Waals surface area (Å²) in [6, 6.07) is -0.840. The summed E-state index contributed by atoms with van der Waals surface area (Å²) in [7, 11) is 0. The predicted molar refractivity (Wildman–Crippen MR) is 233 cm³/mol. The Balaban J connectivity index is 1.17. The first kappa shape index (κ1) is 46.7. The number of carbonyl (C=O) groups excluding carboxylic acids is 3. The van der Waals surface area contributed by atoms with Crippen molar-refractivity contribution in [2.75, 3.05) is 6.54 Å². The summed E-state index contributed by atoms with van der Waals surface area (Å²) in [5.74, 6) is 0.500. The molecule has 0 radical (unpaired) electrons. The van der Waals surface area contributed by atoms with Crippen LogP contribution in [-0.4, -0.2) is 47.6 Å². The van der Waals surface area contributed by atoms with Gasteiger partial charge in [0.15, 0.2) is 0 Å². The van der Waals surface area contributed by atoms with Crippen molar-refractivity contribution in [3.05, 3.63) is 11.6 Å². The minimum absolute atomic E-state index is 0.00447. The minimum Gasteiger partial charge on any atom is -0.480 e. The van der Waals surface area contributed by atoms with Crippen LogP contribution in [-0.2, 0) is 23.9 Å². The molecule has 5 rings (SSSR count). The molecule has 2 amide bonds. The van der Waals surface area contributed by atoms with E-state index < -0.39 is 12.0 Å². The highest BCUT2D eigenvalue weighted by molar-refractivity contribution is 5.84. The molecule has 3 N–H and O–H groups in total. The Hall–Kier alpha value is -2.38. The molecule has 58 heavy (non-hydrogen) atoms. The van der Waals surface area contributed by atoms with Gasteiger partial charge in [0.05, 0.1) is 5.41 Å². The van der Waals surface area contributed by atoms with Gasteiger partial charge in [0.2, 0.25) is 11.8 Å². The number of rotatable bonds is 19. The Morgan fingerprint density at radius 2 is 1.41 bits per heavy atom. The number of ether oxygens (including phenoxy) is 1. The molecule has 0 spiro atoms. The Morgan fingerprint density at radius 3 is 2.09 bits per heavy atom. The molecular weight excluding hydrogens is 725 g/mol. The first-order valence-corrected chi connectivity index (χ1v) is 24.0. The van der Waals surface area contributed by atoms with E-state index in [1.807, 2.05) is 0 Å². The summed E-state index contributed by atoms with van der Waals surface area (Å²) < 4.78 is 6.30. The number of fused-ring (bicyclic) bond motifs is 7. The molecule has 0 heterocycles. The van der Waals surface area contributed by atoms with E-state index in [1.54, 1.807) is 5.57 Å². The number of aliphatic carboxylic acids is 1. The van der Waals surface area contributed by atoms with Gasteiger partial charge in [-0.2, -0.15) is 0 Å². The van der Waals surface area contributed by atoms with Crippen molar-refractivity contribution in [2.45, 2.75) is 222 Å². The van der Waals surface area contributed by atoms with Crippen LogP contribution >= 0.6 is 0 Å².